The molecule has 0 fully saturated rings. The Kier molecular flexibility index (Phi) is 5.49. The van der Waals surface area contributed by atoms with Crippen molar-refractivity contribution >= 4 is 17.3 Å². The minimum atomic E-state index is 0.0819. The topological polar surface area (TPSA) is 67.2 Å². The highest BCUT2D eigenvalue weighted by Gasteiger charge is 2.05. The normalized spacial score (nSPS) is 11.9. The Balaban J connectivity index is 2.38. The first-order valence-corrected chi connectivity index (χ1v) is 6.43. The highest BCUT2D eigenvalue weighted by atomic mass is 16.1. The summed E-state index contributed by atoms with van der Waals surface area (Å²) in [5, 5.41) is 6.17. The molecule has 0 aliphatic rings. The van der Waals surface area contributed by atoms with Gasteiger partial charge >= 0.3 is 0 Å². The standard InChI is InChI=1S/C14H23N3O/c1-4-10(2)17-14(18)8-9-16-13-7-5-6-12(15)11(13)3/h5-7,10,16H,4,8-9,15H2,1-3H3,(H,17,18). The molecule has 0 heterocycles. The van der Waals surface area contributed by atoms with E-state index in [4.69, 9.17) is 5.73 Å². The summed E-state index contributed by atoms with van der Waals surface area (Å²) < 4.78 is 0. The average molecular weight is 249 g/mol. The van der Waals surface area contributed by atoms with Gasteiger partial charge < -0.3 is 16.4 Å². The Morgan fingerprint density at radius 2 is 2.17 bits per heavy atom. The molecule has 1 aromatic rings. The SMILES string of the molecule is CCC(C)NC(=O)CCNc1cccc(N)c1C. The zero-order valence-electron chi connectivity index (χ0n) is 11.4. The van der Waals surface area contributed by atoms with Crippen LogP contribution in [0.25, 0.3) is 0 Å². The van der Waals surface area contributed by atoms with Gasteiger partial charge in [-0.1, -0.05) is 13.0 Å². The summed E-state index contributed by atoms with van der Waals surface area (Å²) in [7, 11) is 0. The molecule has 0 aliphatic carbocycles. The molecule has 0 aliphatic heterocycles. The molecule has 0 saturated heterocycles. The lowest BCUT2D eigenvalue weighted by atomic mass is 10.1. The predicted octanol–water partition coefficient (Wildman–Crippen LogP) is 2.29. The molecule has 1 aromatic carbocycles. The highest BCUT2D eigenvalue weighted by molar-refractivity contribution is 5.77. The maximum Gasteiger partial charge on any atom is 0.221 e. The third kappa shape index (κ3) is 4.28. The summed E-state index contributed by atoms with van der Waals surface area (Å²) in [6.07, 6.45) is 1.42. The fourth-order valence-electron chi connectivity index (χ4n) is 1.60. The molecule has 1 atom stereocenters. The minimum absolute atomic E-state index is 0.0819. The maximum absolute atomic E-state index is 11.6. The second-order valence-electron chi connectivity index (χ2n) is 4.57. The van der Waals surface area contributed by atoms with Crippen LogP contribution in [0.4, 0.5) is 11.4 Å². The fraction of sp³-hybridized carbons (Fsp3) is 0.500. The second kappa shape index (κ2) is 6.89. The van der Waals surface area contributed by atoms with Gasteiger partial charge in [0.15, 0.2) is 0 Å². The molecule has 100 valence electrons. The Morgan fingerprint density at radius 1 is 1.44 bits per heavy atom. The molecule has 18 heavy (non-hydrogen) atoms. The van der Waals surface area contributed by atoms with E-state index in [9.17, 15) is 4.79 Å². The monoisotopic (exact) mass is 249 g/mol. The van der Waals surface area contributed by atoms with E-state index < -0.39 is 0 Å². The van der Waals surface area contributed by atoms with Crippen LogP contribution >= 0.6 is 0 Å². The minimum Gasteiger partial charge on any atom is -0.398 e. The number of benzene rings is 1. The third-order valence-corrected chi connectivity index (χ3v) is 3.06. The number of rotatable bonds is 6. The first-order chi connectivity index (χ1) is 8.54. The van der Waals surface area contributed by atoms with Crippen molar-refractivity contribution in [3.63, 3.8) is 0 Å². The third-order valence-electron chi connectivity index (χ3n) is 3.06. The molecule has 4 heteroatoms. The van der Waals surface area contributed by atoms with Gasteiger partial charge in [0.25, 0.3) is 0 Å². The van der Waals surface area contributed by atoms with Crippen molar-refractivity contribution in [2.24, 2.45) is 0 Å². The van der Waals surface area contributed by atoms with Crippen LogP contribution in [-0.4, -0.2) is 18.5 Å². The summed E-state index contributed by atoms with van der Waals surface area (Å²) in [5.74, 6) is 0.0819. The predicted molar refractivity (Wildman–Crippen MR) is 76.6 cm³/mol. The maximum atomic E-state index is 11.6. The summed E-state index contributed by atoms with van der Waals surface area (Å²) >= 11 is 0. The summed E-state index contributed by atoms with van der Waals surface area (Å²) in [6, 6.07) is 5.99. The van der Waals surface area contributed by atoms with Crippen molar-refractivity contribution in [3.8, 4) is 0 Å². The lowest BCUT2D eigenvalue weighted by Crippen LogP contribution is -2.32. The van der Waals surface area contributed by atoms with E-state index in [1.54, 1.807) is 0 Å². The molecule has 0 saturated carbocycles. The molecule has 1 amide bonds. The summed E-state index contributed by atoms with van der Waals surface area (Å²) in [5.41, 5.74) is 8.60. The molecule has 0 aromatic heterocycles. The molecular weight excluding hydrogens is 226 g/mol. The van der Waals surface area contributed by atoms with Crippen LogP contribution in [0.3, 0.4) is 0 Å². The number of nitrogen functional groups attached to an aromatic ring is 1. The number of carbonyl (C=O) groups is 1. The number of nitrogens with two attached hydrogens (primary N) is 1. The van der Waals surface area contributed by atoms with E-state index in [-0.39, 0.29) is 11.9 Å². The molecule has 0 bridgehead atoms. The summed E-state index contributed by atoms with van der Waals surface area (Å²) in [6.45, 7) is 6.65. The number of amides is 1. The van der Waals surface area contributed by atoms with Crippen molar-refractivity contribution < 1.29 is 4.79 Å². The van der Waals surface area contributed by atoms with E-state index in [1.807, 2.05) is 32.0 Å². The van der Waals surface area contributed by atoms with Crippen molar-refractivity contribution in [2.75, 3.05) is 17.6 Å². The van der Waals surface area contributed by atoms with E-state index >= 15 is 0 Å². The zero-order chi connectivity index (χ0) is 13.5. The van der Waals surface area contributed by atoms with Gasteiger partial charge in [-0.15, -0.1) is 0 Å². The first kappa shape index (κ1) is 14.4. The van der Waals surface area contributed by atoms with Crippen LogP contribution in [-0.2, 0) is 4.79 Å². The van der Waals surface area contributed by atoms with Gasteiger partial charge in [0, 0.05) is 30.4 Å². The van der Waals surface area contributed by atoms with Gasteiger partial charge in [0.1, 0.15) is 0 Å². The van der Waals surface area contributed by atoms with E-state index in [1.165, 1.54) is 0 Å². The second-order valence-corrected chi connectivity index (χ2v) is 4.57. The molecule has 0 radical (unpaired) electrons. The summed E-state index contributed by atoms with van der Waals surface area (Å²) in [4.78, 5) is 11.6. The number of hydrogen-bond acceptors (Lipinski definition) is 3. The lowest BCUT2D eigenvalue weighted by Gasteiger charge is -2.13. The number of anilines is 2. The first-order valence-electron chi connectivity index (χ1n) is 6.43. The van der Waals surface area contributed by atoms with Crippen LogP contribution in [0, 0.1) is 6.92 Å². The molecular formula is C14H23N3O. The van der Waals surface area contributed by atoms with Crippen LogP contribution in [0.1, 0.15) is 32.3 Å². The van der Waals surface area contributed by atoms with Crippen molar-refractivity contribution in [3.05, 3.63) is 23.8 Å². The van der Waals surface area contributed by atoms with Crippen molar-refractivity contribution in [2.45, 2.75) is 39.7 Å². The Hall–Kier alpha value is -1.71. The largest absolute Gasteiger partial charge is 0.398 e. The van der Waals surface area contributed by atoms with Crippen molar-refractivity contribution in [1.82, 2.24) is 5.32 Å². The van der Waals surface area contributed by atoms with E-state index in [0.717, 1.165) is 23.4 Å². The quantitative estimate of drug-likeness (QED) is 0.678. The van der Waals surface area contributed by atoms with Crippen molar-refractivity contribution in [1.29, 1.82) is 0 Å². The van der Waals surface area contributed by atoms with E-state index in [2.05, 4.69) is 17.6 Å². The number of carbonyl (C=O) groups excluding carboxylic acids is 1. The van der Waals surface area contributed by atoms with Gasteiger partial charge in [0.2, 0.25) is 5.91 Å². The Morgan fingerprint density at radius 3 is 2.83 bits per heavy atom. The average Bonchev–Trinajstić information content (AvgIpc) is 2.34. The molecule has 1 unspecified atom stereocenters. The van der Waals surface area contributed by atoms with Crippen LogP contribution in [0.5, 0.6) is 0 Å². The number of nitrogens with one attached hydrogen (secondary N) is 2. The molecule has 1 rings (SSSR count). The smallest absolute Gasteiger partial charge is 0.221 e. The van der Waals surface area contributed by atoms with Crippen LogP contribution < -0.4 is 16.4 Å². The molecule has 4 nitrogen and oxygen atoms in total. The fourth-order valence-corrected chi connectivity index (χ4v) is 1.60. The van der Waals surface area contributed by atoms with E-state index in [0.29, 0.717) is 13.0 Å². The molecule has 4 N–H and O–H groups in total. The van der Waals surface area contributed by atoms with Crippen LogP contribution in [0.2, 0.25) is 0 Å². The van der Waals surface area contributed by atoms with Gasteiger partial charge in [0.05, 0.1) is 0 Å². The lowest BCUT2D eigenvalue weighted by molar-refractivity contribution is -0.121. The Labute approximate surface area is 109 Å². The van der Waals surface area contributed by atoms with Gasteiger partial charge in [-0.3, -0.25) is 4.79 Å². The number of hydrogen-bond donors (Lipinski definition) is 3. The van der Waals surface area contributed by atoms with Gasteiger partial charge in [-0.2, -0.15) is 0 Å². The highest BCUT2D eigenvalue weighted by Crippen LogP contribution is 2.20. The Bertz CT molecular complexity index is 404. The zero-order valence-corrected chi connectivity index (χ0v) is 11.4. The van der Waals surface area contributed by atoms with Gasteiger partial charge in [-0.25, -0.2) is 0 Å². The van der Waals surface area contributed by atoms with Crippen LogP contribution in [0.15, 0.2) is 18.2 Å². The van der Waals surface area contributed by atoms with Gasteiger partial charge in [-0.05, 0) is 38.0 Å². The molecule has 0 spiro atoms.